The average molecular weight is 384 g/mol. The van der Waals surface area contributed by atoms with Gasteiger partial charge >= 0.3 is 13.9 Å². The van der Waals surface area contributed by atoms with Crippen molar-refractivity contribution in [1.29, 1.82) is 0 Å². The number of halogens is 1. The summed E-state index contributed by atoms with van der Waals surface area (Å²) in [4.78, 5) is 25.4. The van der Waals surface area contributed by atoms with Crippen LogP contribution in [-0.2, 0) is 13.8 Å². The lowest BCUT2D eigenvalue weighted by molar-refractivity contribution is -0.0359. The smallest absolute Gasteiger partial charge is 0.367 e. The summed E-state index contributed by atoms with van der Waals surface area (Å²) in [6.45, 7) is 1.36. The molecule has 3 rings (SSSR count). The summed E-state index contributed by atoms with van der Waals surface area (Å²) in [5.41, 5.74) is -1.02. The molecule has 2 heterocycles. The number of hydrogen-bond donors (Lipinski definition) is 1. The molecule has 1 aliphatic heterocycles. The van der Waals surface area contributed by atoms with E-state index in [1.807, 2.05) is 0 Å². The van der Waals surface area contributed by atoms with Crippen molar-refractivity contribution in [1.82, 2.24) is 9.55 Å². The van der Waals surface area contributed by atoms with Crippen LogP contribution < -0.4 is 15.8 Å². The van der Waals surface area contributed by atoms with Gasteiger partial charge in [-0.05, 0) is 19.1 Å². The van der Waals surface area contributed by atoms with Gasteiger partial charge in [0.15, 0.2) is 6.23 Å². The average Bonchev–Trinajstić information content (AvgIpc) is 2.98. The highest BCUT2D eigenvalue weighted by Crippen LogP contribution is 2.33. The molecule has 1 aromatic heterocycles. The predicted molar refractivity (Wildman–Crippen MR) is 91.5 cm³/mol. The van der Waals surface area contributed by atoms with E-state index in [1.54, 1.807) is 30.3 Å². The highest BCUT2D eigenvalue weighted by atomic mass is 31.1. The second-order valence-corrected chi connectivity index (χ2v) is 6.85. The van der Waals surface area contributed by atoms with Gasteiger partial charge in [-0.2, -0.15) is 0 Å². The Morgan fingerprint density at radius 1 is 1.35 bits per heavy atom. The number of nitrogens with one attached hydrogen (secondary N) is 1. The fourth-order valence-corrected chi connectivity index (χ4v) is 3.31. The van der Waals surface area contributed by atoms with Gasteiger partial charge in [-0.1, -0.05) is 18.2 Å². The molecular weight excluding hydrogens is 366 g/mol. The summed E-state index contributed by atoms with van der Waals surface area (Å²) in [6.07, 6.45) is -2.12. The minimum atomic E-state index is -2.82. The first-order valence-corrected chi connectivity index (χ1v) is 9.18. The zero-order valence-electron chi connectivity index (χ0n) is 13.9. The summed E-state index contributed by atoms with van der Waals surface area (Å²) < 4.78 is 42.9. The Morgan fingerprint density at radius 3 is 2.81 bits per heavy atom. The van der Waals surface area contributed by atoms with E-state index in [4.69, 9.17) is 13.8 Å². The van der Waals surface area contributed by atoms with Crippen molar-refractivity contribution in [3.8, 4) is 5.75 Å². The van der Waals surface area contributed by atoms with Gasteiger partial charge in [0, 0.05) is 18.2 Å². The van der Waals surface area contributed by atoms with Crippen LogP contribution in [0.2, 0.25) is 0 Å². The van der Waals surface area contributed by atoms with Crippen LogP contribution in [0.15, 0.2) is 46.1 Å². The third kappa shape index (κ3) is 4.30. The minimum absolute atomic E-state index is 0.0320. The van der Waals surface area contributed by atoms with E-state index >= 15 is 0 Å². The first-order chi connectivity index (χ1) is 12.4. The Morgan fingerprint density at radius 2 is 2.08 bits per heavy atom. The van der Waals surface area contributed by atoms with Crippen LogP contribution in [-0.4, -0.2) is 28.4 Å². The van der Waals surface area contributed by atoms with Gasteiger partial charge in [0.2, 0.25) is 0 Å². The van der Waals surface area contributed by atoms with Crippen LogP contribution in [0.1, 0.15) is 18.2 Å². The highest BCUT2D eigenvalue weighted by molar-refractivity contribution is 7.33. The van der Waals surface area contributed by atoms with Crippen LogP contribution in [0.3, 0.4) is 0 Å². The third-order valence-electron chi connectivity index (χ3n) is 3.88. The molecule has 26 heavy (non-hydrogen) atoms. The molecule has 0 radical (unpaired) electrons. The van der Waals surface area contributed by atoms with Crippen LogP contribution in [0, 0.1) is 6.92 Å². The molecule has 1 fully saturated rings. The van der Waals surface area contributed by atoms with Crippen LogP contribution in [0.25, 0.3) is 0 Å². The lowest BCUT2D eigenvalue weighted by Crippen LogP contribution is -2.35. The maximum atomic E-state index is 14.3. The number of hydrogen-bond acceptors (Lipinski definition) is 6. The number of nitrogens with zero attached hydrogens (tertiary/aromatic N) is 1. The van der Waals surface area contributed by atoms with E-state index in [9.17, 15) is 18.5 Å². The summed E-state index contributed by atoms with van der Waals surface area (Å²) in [6, 6.07) is 8.52. The van der Waals surface area contributed by atoms with Crippen molar-refractivity contribution >= 4 is 8.25 Å². The number of rotatable bonds is 6. The molecule has 0 saturated carbocycles. The first-order valence-electron chi connectivity index (χ1n) is 7.95. The Labute approximate surface area is 148 Å². The van der Waals surface area contributed by atoms with E-state index in [0.29, 0.717) is 5.75 Å². The second kappa shape index (κ2) is 7.99. The highest BCUT2D eigenvalue weighted by Gasteiger charge is 2.37. The fraction of sp³-hybridized carbons (Fsp3) is 0.375. The van der Waals surface area contributed by atoms with Crippen molar-refractivity contribution in [3.63, 3.8) is 0 Å². The molecule has 0 amide bonds. The maximum absolute atomic E-state index is 14.3. The molecule has 8 nitrogen and oxygen atoms in total. The fourth-order valence-electron chi connectivity index (χ4n) is 2.60. The van der Waals surface area contributed by atoms with Crippen molar-refractivity contribution in [3.05, 3.63) is 62.9 Å². The zero-order chi connectivity index (χ0) is 18.7. The summed E-state index contributed by atoms with van der Waals surface area (Å²) in [5, 5.41) is 0. The maximum Gasteiger partial charge on any atom is 0.367 e. The quantitative estimate of drug-likeness (QED) is 0.765. The molecule has 0 bridgehead atoms. The van der Waals surface area contributed by atoms with Gasteiger partial charge in [-0.15, -0.1) is 0 Å². The molecular formula is C16H18FN2O6P. The van der Waals surface area contributed by atoms with Crippen molar-refractivity contribution in [2.45, 2.75) is 31.8 Å². The van der Waals surface area contributed by atoms with Gasteiger partial charge in [0.05, 0.1) is 12.7 Å². The topological polar surface area (TPSA) is 99.6 Å². The Balaban J connectivity index is 1.59. The number of aromatic amines is 1. The minimum Gasteiger partial charge on any atom is -0.426 e. The van der Waals surface area contributed by atoms with E-state index in [2.05, 4.69) is 4.98 Å². The molecule has 1 aliphatic rings. The molecule has 2 aromatic rings. The predicted octanol–water partition coefficient (Wildman–Crippen LogP) is 1.96. The van der Waals surface area contributed by atoms with E-state index < -0.39 is 38.0 Å². The number of aromatic nitrogens is 2. The molecule has 4 unspecified atom stereocenters. The second-order valence-electron chi connectivity index (χ2n) is 5.86. The van der Waals surface area contributed by atoms with Gasteiger partial charge in [0.1, 0.15) is 11.9 Å². The standard InChI is InChI=1S/C16H18FN2O6P/c1-10-8-19(16(21)18-14(10)20)15-13(17)7-12(24-15)9-23-26(22)25-11-5-3-2-4-6-11/h2-6,8,12-13,15,26H,7,9H2,1H3,(H,18,20,21). The monoisotopic (exact) mass is 384 g/mol. The number of H-pyrrole nitrogens is 1. The number of benzene rings is 1. The number of ether oxygens (including phenoxy) is 1. The lowest BCUT2D eigenvalue weighted by Gasteiger charge is -2.17. The van der Waals surface area contributed by atoms with Crippen molar-refractivity contribution in [2.75, 3.05) is 6.61 Å². The molecule has 10 heteroatoms. The summed E-state index contributed by atoms with van der Waals surface area (Å²) in [7, 11) is -2.82. The number of para-hydroxylation sites is 1. The Kier molecular flexibility index (Phi) is 5.70. The largest absolute Gasteiger partial charge is 0.426 e. The molecule has 0 aliphatic carbocycles. The molecule has 1 N–H and O–H groups in total. The number of aryl methyl sites for hydroxylation is 1. The molecule has 140 valence electrons. The van der Waals surface area contributed by atoms with Crippen LogP contribution in [0.4, 0.5) is 4.39 Å². The molecule has 1 saturated heterocycles. The lowest BCUT2D eigenvalue weighted by atomic mass is 10.2. The van der Waals surface area contributed by atoms with Crippen molar-refractivity contribution in [2.24, 2.45) is 0 Å². The normalized spacial score (nSPS) is 23.7. The molecule has 1 aromatic carbocycles. The van der Waals surface area contributed by atoms with Gasteiger partial charge in [0.25, 0.3) is 5.56 Å². The summed E-state index contributed by atoms with van der Waals surface area (Å²) in [5.74, 6) is 0.403. The first kappa shape index (κ1) is 18.6. The van der Waals surface area contributed by atoms with Crippen LogP contribution in [0.5, 0.6) is 5.75 Å². The van der Waals surface area contributed by atoms with Gasteiger partial charge in [-0.25, -0.2) is 13.8 Å². The van der Waals surface area contributed by atoms with Gasteiger partial charge < -0.3 is 9.26 Å². The zero-order valence-corrected chi connectivity index (χ0v) is 14.9. The molecule has 0 spiro atoms. The Bertz CT molecular complexity index is 900. The van der Waals surface area contributed by atoms with Gasteiger partial charge in [-0.3, -0.25) is 18.9 Å². The molecule has 4 atom stereocenters. The third-order valence-corrected chi connectivity index (χ3v) is 4.69. The number of alkyl halides is 1. The van der Waals surface area contributed by atoms with Crippen molar-refractivity contribution < 1.29 is 22.7 Å². The Hall–Kier alpha value is -2.22. The van der Waals surface area contributed by atoms with E-state index in [0.717, 1.165) is 4.57 Å². The SMILES string of the molecule is Cc1cn(C2OC(CO[PH](=O)Oc3ccccc3)CC2F)c(=O)[nH]c1=O. The summed E-state index contributed by atoms with van der Waals surface area (Å²) >= 11 is 0. The van der Waals surface area contributed by atoms with E-state index in [1.165, 1.54) is 13.1 Å². The van der Waals surface area contributed by atoms with Crippen LogP contribution >= 0.6 is 8.25 Å². The van der Waals surface area contributed by atoms with E-state index in [-0.39, 0.29) is 18.6 Å².